The first-order chi connectivity index (χ1) is 10.8. The van der Waals surface area contributed by atoms with Crippen LogP contribution in [0.3, 0.4) is 0 Å². The zero-order valence-electron chi connectivity index (χ0n) is 12.7. The van der Waals surface area contributed by atoms with Gasteiger partial charge in [-0.05, 0) is 44.1 Å². The molecule has 1 saturated carbocycles. The molecular weight excluding hydrogens is 278 g/mol. The normalized spacial score (nSPS) is 18.2. The lowest BCUT2D eigenvalue weighted by molar-refractivity contribution is -0.108. The summed E-state index contributed by atoms with van der Waals surface area (Å²) in [5.74, 6) is 0.525. The van der Waals surface area contributed by atoms with Crippen molar-refractivity contribution in [1.82, 2.24) is 14.8 Å². The molecule has 0 aliphatic heterocycles. The van der Waals surface area contributed by atoms with Crippen LogP contribution in [0.2, 0.25) is 0 Å². The largest absolute Gasteiger partial charge is 0.307 e. The Morgan fingerprint density at radius 2 is 1.95 bits per heavy atom. The zero-order chi connectivity index (χ0) is 15.1. The third-order valence-corrected chi connectivity index (χ3v) is 5.21. The molecule has 0 spiro atoms. The van der Waals surface area contributed by atoms with Crippen molar-refractivity contribution in [2.24, 2.45) is 0 Å². The number of fused-ring (bicyclic) bond motifs is 3. The third kappa shape index (κ3) is 2.02. The molecule has 1 fully saturated rings. The van der Waals surface area contributed by atoms with Gasteiger partial charge in [0.2, 0.25) is 0 Å². The Morgan fingerprint density at radius 1 is 1.18 bits per heavy atom. The lowest BCUT2D eigenvalue weighted by atomic mass is 9.80. The molecule has 0 saturated heterocycles. The number of carbonyl (C=O) groups is 1. The number of H-pyrrole nitrogens is 1. The smallest absolute Gasteiger partial charge is 0.253 e. The van der Waals surface area contributed by atoms with Crippen LogP contribution in [0.5, 0.6) is 0 Å². The van der Waals surface area contributed by atoms with Gasteiger partial charge in [-0.25, -0.2) is 4.68 Å². The van der Waals surface area contributed by atoms with E-state index < -0.39 is 0 Å². The molecule has 2 aromatic rings. The standard InChI is InChI=1S/C17H21N3O2/c21-10-4-9-20-16-14(15(19-20)11-5-3-6-11)12-7-1-2-8-13(12)17(22)18-16/h10-11H,1-9H2,(H,18,22). The van der Waals surface area contributed by atoms with Crippen LogP contribution in [-0.2, 0) is 24.2 Å². The summed E-state index contributed by atoms with van der Waals surface area (Å²) >= 11 is 0. The molecular formula is C17H21N3O2. The molecule has 0 bridgehead atoms. The number of aromatic nitrogens is 3. The highest BCUT2D eigenvalue weighted by Crippen LogP contribution is 2.40. The van der Waals surface area contributed by atoms with Gasteiger partial charge in [0.1, 0.15) is 11.9 Å². The summed E-state index contributed by atoms with van der Waals surface area (Å²) in [7, 11) is 0. The van der Waals surface area contributed by atoms with E-state index in [9.17, 15) is 9.59 Å². The van der Waals surface area contributed by atoms with Crippen molar-refractivity contribution >= 4 is 17.3 Å². The van der Waals surface area contributed by atoms with Crippen molar-refractivity contribution in [1.29, 1.82) is 0 Å². The first-order valence-corrected chi connectivity index (χ1v) is 8.37. The number of nitrogens with zero attached hydrogens (tertiary/aromatic N) is 2. The van der Waals surface area contributed by atoms with Crippen LogP contribution in [-0.4, -0.2) is 21.1 Å². The molecule has 4 rings (SSSR count). The van der Waals surface area contributed by atoms with Gasteiger partial charge in [-0.15, -0.1) is 0 Å². The number of nitrogens with one attached hydrogen (secondary N) is 1. The molecule has 2 heterocycles. The average molecular weight is 299 g/mol. The minimum Gasteiger partial charge on any atom is -0.307 e. The Morgan fingerprint density at radius 3 is 2.64 bits per heavy atom. The number of hydrogen-bond donors (Lipinski definition) is 1. The lowest BCUT2D eigenvalue weighted by Gasteiger charge is -2.25. The van der Waals surface area contributed by atoms with Crippen LogP contribution in [0, 0.1) is 0 Å². The van der Waals surface area contributed by atoms with E-state index in [0.29, 0.717) is 18.9 Å². The Bertz CT molecular complexity index is 783. The quantitative estimate of drug-likeness (QED) is 0.882. The molecule has 0 aromatic carbocycles. The predicted molar refractivity (Wildman–Crippen MR) is 84.3 cm³/mol. The topological polar surface area (TPSA) is 67.8 Å². The fourth-order valence-corrected chi connectivity index (χ4v) is 3.82. The highest BCUT2D eigenvalue weighted by molar-refractivity contribution is 5.84. The Balaban J connectivity index is 1.96. The number of hydrogen-bond acceptors (Lipinski definition) is 3. The second-order valence-electron chi connectivity index (χ2n) is 6.53. The van der Waals surface area contributed by atoms with Crippen LogP contribution in [0.4, 0.5) is 0 Å². The zero-order valence-corrected chi connectivity index (χ0v) is 12.7. The number of aromatic amines is 1. The summed E-state index contributed by atoms with van der Waals surface area (Å²) in [5, 5.41) is 5.97. The minimum atomic E-state index is 0.0367. The van der Waals surface area contributed by atoms with E-state index in [4.69, 9.17) is 5.10 Å². The fourth-order valence-electron chi connectivity index (χ4n) is 3.82. The number of aldehydes is 1. The lowest BCUT2D eigenvalue weighted by Crippen LogP contribution is -2.20. The first kappa shape index (κ1) is 13.7. The van der Waals surface area contributed by atoms with Gasteiger partial charge >= 0.3 is 0 Å². The van der Waals surface area contributed by atoms with E-state index in [-0.39, 0.29) is 5.56 Å². The molecule has 5 heteroatoms. The molecule has 0 amide bonds. The molecule has 2 aromatic heterocycles. The summed E-state index contributed by atoms with van der Waals surface area (Å²) in [5.41, 5.74) is 4.21. The van der Waals surface area contributed by atoms with Gasteiger partial charge in [0.25, 0.3) is 5.56 Å². The van der Waals surface area contributed by atoms with Crippen LogP contribution in [0.1, 0.15) is 61.3 Å². The summed E-state index contributed by atoms with van der Waals surface area (Å²) in [6.07, 6.45) is 9.08. The minimum absolute atomic E-state index is 0.0367. The number of aryl methyl sites for hydroxylation is 2. The maximum Gasteiger partial charge on any atom is 0.253 e. The van der Waals surface area contributed by atoms with Crippen LogP contribution in [0.25, 0.3) is 11.0 Å². The predicted octanol–water partition coefficient (Wildman–Crippen LogP) is 2.46. The molecule has 2 aliphatic carbocycles. The first-order valence-electron chi connectivity index (χ1n) is 8.37. The Labute approximate surface area is 128 Å². The van der Waals surface area contributed by atoms with E-state index in [1.54, 1.807) is 0 Å². The van der Waals surface area contributed by atoms with E-state index in [0.717, 1.165) is 48.9 Å². The second-order valence-corrected chi connectivity index (χ2v) is 6.53. The van der Waals surface area contributed by atoms with E-state index >= 15 is 0 Å². The molecule has 5 nitrogen and oxygen atoms in total. The van der Waals surface area contributed by atoms with E-state index in [1.165, 1.54) is 30.2 Å². The molecule has 0 radical (unpaired) electrons. The van der Waals surface area contributed by atoms with Gasteiger partial charge in [-0.3, -0.25) is 4.79 Å². The maximum absolute atomic E-state index is 12.4. The molecule has 0 unspecified atom stereocenters. The summed E-state index contributed by atoms with van der Waals surface area (Å²) in [4.78, 5) is 26.2. The van der Waals surface area contributed by atoms with Crippen molar-refractivity contribution < 1.29 is 4.79 Å². The average Bonchev–Trinajstić information content (AvgIpc) is 2.82. The van der Waals surface area contributed by atoms with Crippen molar-refractivity contribution in [3.8, 4) is 0 Å². The Kier molecular flexibility index (Phi) is 3.36. The van der Waals surface area contributed by atoms with Gasteiger partial charge in [0.15, 0.2) is 0 Å². The van der Waals surface area contributed by atoms with Crippen molar-refractivity contribution in [2.75, 3.05) is 0 Å². The van der Waals surface area contributed by atoms with Gasteiger partial charge in [-0.2, -0.15) is 5.10 Å². The maximum atomic E-state index is 12.4. The van der Waals surface area contributed by atoms with Gasteiger partial charge in [-0.1, -0.05) is 6.42 Å². The molecule has 22 heavy (non-hydrogen) atoms. The SMILES string of the molecule is O=CCCn1nc(C2CCC2)c2c3c(c(=O)[nH]c21)CCCC3. The molecule has 116 valence electrons. The summed E-state index contributed by atoms with van der Waals surface area (Å²) in [6, 6.07) is 0. The van der Waals surface area contributed by atoms with Crippen molar-refractivity contribution in [2.45, 2.75) is 63.8 Å². The van der Waals surface area contributed by atoms with Crippen LogP contribution < -0.4 is 5.56 Å². The van der Waals surface area contributed by atoms with Crippen LogP contribution in [0.15, 0.2) is 4.79 Å². The number of rotatable bonds is 4. The summed E-state index contributed by atoms with van der Waals surface area (Å²) in [6.45, 7) is 0.543. The van der Waals surface area contributed by atoms with Gasteiger partial charge < -0.3 is 9.78 Å². The van der Waals surface area contributed by atoms with E-state index in [2.05, 4.69) is 4.98 Å². The number of pyridine rings is 1. The highest BCUT2D eigenvalue weighted by atomic mass is 16.1. The van der Waals surface area contributed by atoms with E-state index in [1.807, 2.05) is 4.68 Å². The van der Waals surface area contributed by atoms with Gasteiger partial charge in [0.05, 0.1) is 5.69 Å². The van der Waals surface area contributed by atoms with Crippen molar-refractivity contribution in [3.63, 3.8) is 0 Å². The summed E-state index contributed by atoms with van der Waals surface area (Å²) < 4.78 is 1.84. The second kappa shape index (κ2) is 5.38. The molecule has 2 aliphatic rings. The van der Waals surface area contributed by atoms with Crippen LogP contribution >= 0.6 is 0 Å². The number of carbonyl (C=O) groups excluding carboxylic acids is 1. The van der Waals surface area contributed by atoms with Crippen molar-refractivity contribution in [3.05, 3.63) is 27.2 Å². The highest BCUT2D eigenvalue weighted by Gasteiger charge is 2.29. The molecule has 1 N–H and O–H groups in total. The van der Waals surface area contributed by atoms with Gasteiger partial charge in [0, 0.05) is 29.8 Å². The fraction of sp³-hybridized carbons (Fsp3) is 0.588. The Hall–Kier alpha value is -1.91. The molecule has 0 atom stereocenters. The third-order valence-electron chi connectivity index (χ3n) is 5.21. The monoisotopic (exact) mass is 299 g/mol.